The normalized spacial score (nSPS) is 16.4. The Labute approximate surface area is 433 Å². The van der Waals surface area contributed by atoms with Gasteiger partial charge in [0.05, 0.1) is 16.4 Å². The summed E-state index contributed by atoms with van der Waals surface area (Å²) in [6.45, 7) is 1.95. The molecule has 2 unspecified atom stereocenters. The van der Waals surface area contributed by atoms with E-state index in [9.17, 15) is 55.1 Å². The monoisotopic (exact) mass is 1110 g/mol. The van der Waals surface area contributed by atoms with Crippen LogP contribution in [0.2, 0.25) is 20.1 Å². The largest absolute Gasteiger partial charge is 1.00 e. The molecule has 0 saturated carbocycles. The van der Waals surface area contributed by atoms with Crippen molar-refractivity contribution in [3.8, 4) is 0 Å². The smallest absolute Gasteiger partial charge is 0.870 e. The number of hydrogen-bond acceptors (Lipinski definition) is 12. The Balaban J connectivity index is 0.000000454. The number of halogens is 4. The molecular weight excluding hydrogens is 1060 g/mol. The fourth-order valence-corrected chi connectivity index (χ4v) is 14.2. The average molecular weight is 1110 g/mol. The van der Waals surface area contributed by atoms with E-state index in [-0.39, 0.29) is 64.3 Å². The van der Waals surface area contributed by atoms with Gasteiger partial charge in [-0.05, 0) is 103 Å². The summed E-state index contributed by atoms with van der Waals surface area (Å²) >= 11 is 25.2. The Morgan fingerprint density at radius 1 is 0.696 bits per heavy atom. The number of carbonyl (C=O) groups is 2. The summed E-state index contributed by atoms with van der Waals surface area (Å²) in [6, 6.07) is 18.8. The number of aliphatic carboxylic acids is 1. The molecule has 2 aliphatic rings. The zero-order valence-corrected chi connectivity index (χ0v) is 43.3. The molecule has 4 aromatic rings. The molecule has 0 amide bonds. The van der Waals surface area contributed by atoms with Gasteiger partial charge in [-0.3, -0.25) is 18.7 Å². The number of sulfonamides is 2. The van der Waals surface area contributed by atoms with Crippen molar-refractivity contribution in [1.82, 2.24) is 18.4 Å². The second-order valence-corrected chi connectivity index (χ2v) is 24.4. The molecule has 0 aliphatic carbocycles. The molecule has 69 heavy (non-hydrogen) atoms. The van der Waals surface area contributed by atoms with E-state index in [4.69, 9.17) is 56.2 Å². The predicted molar refractivity (Wildman–Crippen MR) is 257 cm³/mol. The van der Waals surface area contributed by atoms with Crippen molar-refractivity contribution >= 4 is 93.6 Å². The van der Waals surface area contributed by atoms with Crippen molar-refractivity contribution in [3.05, 3.63) is 126 Å². The summed E-state index contributed by atoms with van der Waals surface area (Å²) < 4.78 is 81.3. The maximum Gasteiger partial charge on any atom is 1.00 e. The summed E-state index contributed by atoms with van der Waals surface area (Å²) in [6.07, 6.45) is -2.40. The van der Waals surface area contributed by atoms with Gasteiger partial charge in [0.15, 0.2) is 0 Å². The summed E-state index contributed by atoms with van der Waals surface area (Å²) in [5.74, 6) is -2.97. The minimum atomic E-state index is -4.85. The van der Waals surface area contributed by atoms with E-state index in [0.29, 0.717) is 61.7 Å². The second-order valence-electron chi connectivity index (χ2n) is 15.6. The minimum Gasteiger partial charge on any atom is -0.870 e. The Morgan fingerprint density at radius 2 is 1.07 bits per heavy atom. The van der Waals surface area contributed by atoms with Crippen molar-refractivity contribution in [2.45, 2.75) is 49.1 Å². The van der Waals surface area contributed by atoms with Gasteiger partial charge in [0, 0.05) is 58.1 Å². The van der Waals surface area contributed by atoms with Crippen LogP contribution in [0, 0.1) is 0 Å². The number of benzene rings is 4. The standard InChI is InChI=1S/C21H25Cl2N2O7PS.C19H21Cl2N2O7PS.CH4.Li.H2O/c1-3-32-21(26)12-25(13-33(27,28)29)34(30,31)16-6-4-5-14(7-16)18-10-24(2)11-19-17(18)8-15(22)9-20(19)23;1-22-8-16(15-6-13(20)7-18(21)17(15)9-22)12-3-2-4-14(5-12)32(29,30)23(10-19(24)25)11-31(26,27)28;;;/h4-9,18H,3,10-13H2,1-2H3,(H2,27,28,29);2-7,16H,8-11H2,1H3,(H,24,25)(H2,26,27,28);1H4;;1H2/q;;;+1;/p-1. The third-order valence-electron chi connectivity index (χ3n) is 10.4. The van der Waals surface area contributed by atoms with Crippen LogP contribution < -0.4 is 18.9 Å². The van der Waals surface area contributed by atoms with Gasteiger partial charge in [0.1, 0.15) is 25.7 Å². The van der Waals surface area contributed by atoms with E-state index in [1.165, 1.54) is 30.3 Å². The number of esters is 1. The van der Waals surface area contributed by atoms with E-state index in [2.05, 4.69) is 4.90 Å². The zero-order chi connectivity index (χ0) is 49.1. The number of hydrogen-bond donors (Lipinski definition) is 5. The van der Waals surface area contributed by atoms with Crippen molar-refractivity contribution < 1.29 is 89.3 Å². The Kier molecular flexibility index (Phi) is 23.2. The number of carboxylic acids is 1. The number of fused-ring (bicyclic) bond motifs is 2. The number of carboxylic acid groups (broad SMARTS) is 1. The van der Waals surface area contributed by atoms with Crippen molar-refractivity contribution in [1.29, 1.82) is 0 Å². The summed E-state index contributed by atoms with van der Waals surface area (Å²) in [5, 5.41) is 11.0. The summed E-state index contributed by atoms with van der Waals surface area (Å²) in [5.41, 5.74) is 4.76. The van der Waals surface area contributed by atoms with Gasteiger partial charge in [-0.15, -0.1) is 0 Å². The molecule has 19 nitrogen and oxygen atoms in total. The molecule has 28 heteroatoms. The number of carbonyl (C=O) groups excluding carboxylic acids is 1. The molecule has 0 saturated heterocycles. The molecule has 0 bridgehead atoms. The Bertz CT molecular complexity index is 2830. The van der Waals surface area contributed by atoms with Crippen molar-refractivity contribution in [2.75, 3.05) is 59.5 Å². The van der Waals surface area contributed by atoms with Crippen LogP contribution >= 0.6 is 61.6 Å². The Hall–Kier alpha value is -2.42. The van der Waals surface area contributed by atoms with Crippen molar-refractivity contribution in [3.63, 3.8) is 0 Å². The molecule has 2 heterocycles. The van der Waals surface area contributed by atoms with E-state index in [0.717, 1.165) is 22.3 Å². The van der Waals surface area contributed by atoms with Gasteiger partial charge in [-0.2, -0.15) is 8.61 Å². The molecule has 376 valence electrons. The van der Waals surface area contributed by atoms with Gasteiger partial charge in [0.25, 0.3) is 0 Å². The average Bonchev–Trinajstić information content (AvgIpc) is 3.20. The first-order valence-corrected chi connectivity index (χ1v) is 27.6. The summed E-state index contributed by atoms with van der Waals surface area (Å²) in [7, 11) is -14.8. The first-order valence-electron chi connectivity index (χ1n) is 19.6. The molecule has 0 aromatic heterocycles. The second kappa shape index (κ2) is 25.5. The maximum atomic E-state index is 13.3. The molecule has 2 atom stereocenters. The molecule has 6 N–H and O–H groups in total. The quantitative estimate of drug-likeness (QED) is 0.0647. The third kappa shape index (κ3) is 16.5. The molecule has 0 radical (unpaired) electrons. The third-order valence-corrected chi connectivity index (χ3v) is 16.9. The van der Waals surface area contributed by atoms with Crippen LogP contribution in [-0.4, -0.2) is 137 Å². The SMILES string of the molecule is C.CCOC(=O)CN(CP(=O)(O)O)S(=O)(=O)c1cccc(C2CN(C)Cc3c(Cl)cc(Cl)cc32)c1.CN1Cc2c(Cl)cc(Cl)cc2C(c2cccc(S(=O)(=O)N(CC(=O)O)CP(=O)(O)O)c2)C1.[Li+].[OH-]. The van der Waals surface area contributed by atoms with Crippen LogP contribution in [0.25, 0.3) is 0 Å². The molecule has 0 spiro atoms. The first kappa shape index (κ1) is 62.7. The number of ether oxygens (including phenoxy) is 1. The number of likely N-dealkylation sites (N-methyl/N-ethyl adjacent to an activating group) is 2. The first-order chi connectivity index (χ1) is 30.6. The van der Waals surface area contributed by atoms with Crippen LogP contribution in [0.1, 0.15) is 59.6 Å². The van der Waals surface area contributed by atoms with Gasteiger partial charge in [-0.25, -0.2) is 16.8 Å². The molecule has 0 fully saturated rings. The maximum absolute atomic E-state index is 13.3. The fourth-order valence-electron chi connectivity index (χ4n) is 7.68. The molecular formula is C41H51Cl4LiN4O15P2S2. The van der Waals surface area contributed by atoms with Gasteiger partial charge in [-0.1, -0.05) is 78.1 Å². The minimum absolute atomic E-state index is 0. The van der Waals surface area contributed by atoms with E-state index in [1.807, 2.05) is 25.1 Å². The van der Waals surface area contributed by atoms with Crippen LogP contribution in [0.5, 0.6) is 0 Å². The zero-order valence-electron chi connectivity index (χ0n) is 36.8. The summed E-state index contributed by atoms with van der Waals surface area (Å²) in [4.78, 5) is 64.0. The topological polar surface area (TPSA) is 290 Å². The van der Waals surface area contributed by atoms with Gasteiger partial charge < -0.3 is 44.7 Å². The van der Waals surface area contributed by atoms with E-state index >= 15 is 0 Å². The number of rotatable bonds is 15. The van der Waals surface area contributed by atoms with E-state index < -0.39 is 72.8 Å². The van der Waals surface area contributed by atoms with E-state index in [1.54, 1.807) is 43.3 Å². The molecule has 2 aliphatic heterocycles. The fraction of sp³-hybridized carbons (Fsp3) is 0.366. The van der Waals surface area contributed by atoms with Crippen LogP contribution in [-0.2, 0) is 56.6 Å². The molecule has 4 aromatic carbocycles. The Morgan fingerprint density at radius 3 is 1.42 bits per heavy atom. The van der Waals surface area contributed by atoms with Gasteiger partial charge in [0.2, 0.25) is 20.0 Å². The number of nitrogens with zero attached hydrogens (tertiary/aromatic N) is 4. The predicted octanol–water partition coefficient (Wildman–Crippen LogP) is 3.50. The van der Waals surface area contributed by atoms with Crippen molar-refractivity contribution in [2.24, 2.45) is 0 Å². The van der Waals surface area contributed by atoms with Crippen LogP contribution in [0.15, 0.2) is 82.6 Å². The van der Waals surface area contributed by atoms with Gasteiger partial charge >= 0.3 is 46.0 Å². The van der Waals surface area contributed by atoms with Crippen LogP contribution in [0.4, 0.5) is 0 Å². The van der Waals surface area contributed by atoms with Crippen LogP contribution in [0.3, 0.4) is 0 Å². The molecule has 6 rings (SSSR count).